The molecule has 0 N–H and O–H groups in total. The van der Waals surface area contributed by atoms with Crippen molar-refractivity contribution in [3.05, 3.63) is 58.6 Å². The molecule has 0 bridgehead atoms. The molecule has 2 aromatic carbocycles. The number of hydrogen-bond acceptors (Lipinski definition) is 3. The molecular formula is C22H23ClFNO3. The van der Waals surface area contributed by atoms with Gasteiger partial charge in [0, 0.05) is 24.2 Å². The first-order chi connectivity index (χ1) is 13.6. The second kappa shape index (κ2) is 9.11. The summed E-state index contributed by atoms with van der Waals surface area (Å²) in [7, 11) is 1.58. The number of nitrogens with zero attached hydrogens (tertiary/aromatic N) is 1. The van der Waals surface area contributed by atoms with Gasteiger partial charge < -0.3 is 14.0 Å². The first kappa shape index (κ1) is 20.2. The predicted molar refractivity (Wildman–Crippen MR) is 111 cm³/mol. The number of benzene rings is 2. The fourth-order valence-corrected chi connectivity index (χ4v) is 3.29. The molecule has 4 nitrogen and oxygen atoms in total. The van der Waals surface area contributed by atoms with E-state index in [9.17, 15) is 9.18 Å². The molecule has 0 unspecified atom stereocenters. The van der Waals surface area contributed by atoms with Crippen molar-refractivity contribution in [1.29, 1.82) is 0 Å². The average Bonchev–Trinajstić information content (AvgIpc) is 2.72. The van der Waals surface area contributed by atoms with Gasteiger partial charge in [0.2, 0.25) is 0 Å². The van der Waals surface area contributed by atoms with Crippen molar-refractivity contribution < 1.29 is 13.9 Å². The second-order valence-electron chi connectivity index (χ2n) is 6.45. The van der Waals surface area contributed by atoms with E-state index in [1.807, 2.05) is 11.5 Å². The van der Waals surface area contributed by atoms with Gasteiger partial charge >= 0.3 is 0 Å². The molecule has 3 rings (SSSR count). The third-order valence-corrected chi connectivity index (χ3v) is 4.80. The molecule has 0 spiro atoms. The number of fused-ring (bicyclic) bond motifs is 1. The third kappa shape index (κ3) is 3.99. The van der Waals surface area contributed by atoms with Crippen LogP contribution < -0.4 is 14.9 Å². The number of alkyl halides is 1. The van der Waals surface area contributed by atoms with Crippen molar-refractivity contribution in [3.63, 3.8) is 0 Å². The summed E-state index contributed by atoms with van der Waals surface area (Å²) < 4.78 is 27.6. The van der Waals surface area contributed by atoms with Gasteiger partial charge in [-0.05, 0) is 42.7 Å². The first-order valence-corrected chi connectivity index (χ1v) is 9.83. The van der Waals surface area contributed by atoms with Crippen molar-refractivity contribution in [1.82, 2.24) is 4.57 Å². The molecule has 148 valence electrons. The molecule has 1 heterocycles. The minimum atomic E-state index is -0.557. The van der Waals surface area contributed by atoms with Crippen LogP contribution in [0.25, 0.3) is 22.0 Å². The maximum absolute atomic E-state index is 14.8. The number of methoxy groups -OCH3 is 1. The SMILES string of the molecule is CCCOc1ccc(F)c2c(=O)c(-c3ccc(OC)cc3)cn(CCCCl)c12. The Morgan fingerprint density at radius 2 is 1.89 bits per heavy atom. The lowest BCUT2D eigenvalue weighted by Crippen LogP contribution is -2.15. The normalized spacial score (nSPS) is 11.0. The molecule has 0 saturated heterocycles. The molecule has 1 aromatic heterocycles. The van der Waals surface area contributed by atoms with Crippen LogP contribution >= 0.6 is 11.6 Å². The maximum atomic E-state index is 14.8. The summed E-state index contributed by atoms with van der Waals surface area (Å²) in [5.74, 6) is 1.10. The average molecular weight is 404 g/mol. The predicted octanol–water partition coefficient (Wildman–Crippen LogP) is 5.23. The van der Waals surface area contributed by atoms with Gasteiger partial charge in [0.15, 0.2) is 5.43 Å². The molecule has 0 radical (unpaired) electrons. The molecule has 0 aliphatic carbocycles. The first-order valence-electron chi connectivity index (χ1n) is 9.29. The van der Waals surface area contributed by atoms with Crippen molar-refractivity contribution in [2.45, 2.75) is 26.3 Å². The van der Waals surface area contributed by atoms with Crippen molar-refractivity contribution in [2.24, 2.45) is 0 Å². The van der Waals surface area contributed by atoms with E-state index in [1.165, 1.54) is 6.07 Å². The van der Waals surface area contributed by atoms with Gasteiger partial charge in [-0.3, -0.25) is 4.79 Å². The van der Waals surface area contributed by atoms with Gasteiger partial charge in [0.1, 0.15) is 17.3 Å². The molecule has 0 fully saturated rings. The standard InChI is InChI=1S/C22H23ClFNO3/c1-3-13-28-19-10-9-18(24)20-21(19)25(12-4-11-23)14-17(22(20)26)15-5-7-16(27-2)8-6-15/h5-10,14H,3-4,11-13H2,1-2H3. The highest BCUT2D eigenvalue weighted by Crippen LogP contribution is 2.30. The number of aryl methyl sites for hydroxylation is 1. The Hall–Kier alpha value is -2.53. The van der Waals surface area contributed by atoms with Crippen molar-refractivity contribution in [2.75, 3.05) is 19.6 Å². The van der Waals surface area contributed by atoms with Gasteiger partial charge in [0.05, 0.1) is 24.6 Å². The minimum Gasteiger partial charge on any atom is -0.497 e. The van der Waals surface area contributed by atoms with Gasteiger partial charge in [-0.1, -0.05) is 19.1 Å². The molecule has 6 heteroatoms. The van der Waals surface area contributed by atoms with Crippen LogP contribution in [0.2, 0.25) is 0 Å². The van der Waals surface area contributed by atoms with Crippen LogP contribution in [0.4, 0.5) is 4.39 Å². The van der Waals surface area contributed by atoms with Gasteiger partial charge in [0.25, 0.3) is 0 Å². The highest BCUT2D eigenvalue weighted by molar-refractivity contribution is 6.17. The lowest BCUT2D eigenvalue weighted by atomic mass is 10.0. The third-order valence-electron chi connectivity index (χ3n) is 4.53. The molecule has 3 aromatic rings. The van der Waals surface area contributed by atoms with E-state index >= 15 is 0 Å². The number of pyridine rings is 1. The highest BCUT2D eigenvalue weighted by Gasteiger charge is 2.18. The van der Waals surface area contributed by atoms with Crippen LogP contribution in [0, 0.1) is 5.82 Å². The Bertz CT molecular complexity index is 1010. The Kier molecular flexibility index (Phi) is 6.57. The van der Waals surface area contributed by atoms with Crippen molar-refractivity contribution >= 4 is 22.5 Å². The number of ether oxygens (including phenoxy) is 2. The number of hydrogen-bond donors (Lipinski definition) is 0. The minimum absolute atomic E-state index is 0.0384. The summed E-state index contributed by atoms with van der Waals surface area (Å²) in [5.41, 5.74) is 1.24. The Morgan fingerprint density at radius 3 is 2.54 bits per heavy atom. The number of halogens is 2. The van der Waals surface area contributed by atoms with Crippen LogP contribution in [0.15, 0.2) is 47.4 Å². The number of rotatable bonds is 8. The smallest absolute Gasteiger partial charge is 0.200 e. The summed E-state index contributed by atoms with van der Waals surface area (Å²) in [4.78, 5) is 13.2. The van der Waals surface area contributed by atoms with E-state index in [0.29, 0.717) is 53.6 Å². The number of aromatic nitrogens is 1. The lowest BCUT2D eigenvalue weighted by Gasteiger charge is -2.17. The largest absolute Gasteiger partial charge is 0.497 e. The summed E-state index contributed by atoms with van der Waals surface area (Å²) >= 11 is 5.88. The van der Waals surface area contributed by atoms with Crippen LogP contribution in [0.1, 0.15) is 19.8 Å². The van der Waals surface area contributed by atoms with Crippen LogP contribution in [0.3, 0.4) is 0 Å². The van der Waals surface area contributed by atoms with Crippen LogP contribution in [-0.2, 0) is 6.54 Å². The van der Waals surface area contributed by atoms with E-state index in [2.05, 4.69) is 0 Å². The quantitative estimate of drug-likeness (QED) is 0.483. The van der Waals surface area contributed by atoms with Crippen molar-refractivity contribution in [3.8, 4) is 22.6 Å². The summed E-state index contributed by atoms with van der Waals surface area (Å²) in [6.07, 6.45) is 3.26. The highest BCUT2D eigenvalue weighted by atomic mass is 35.5. The zero-order valence-corrected chi connectivity index (χ0v) is 16.8. The molecule has 28 heavy (non-hydrogen) atoms. The van der Waals surface area contributed by atoms with Crippen LogP contribution in [-0.4, -0.2) is 24.2 Å². The van der Waals surface area contributed by atoms with E-state index in [0.717, 1.165) is 6.42 Å². The molecular weight excluding hydrogens is 381 g/mol. The fourth-order valence-electron chi connectivity index (χ4n) is 3.17. The topological polar surface area (TPSA) is 40.5 Å². The monoisotopic (exact) mass is 403 g/mol. The van der Waals surface area contributed by atoms with E-state index in [-0.39, 0.29) is 10.8 Å². The Labute approximate surface area is 168 Å². The molecule has 0 aliphatic rings. The summed E-state index contributed by atoms with van der Waals surface area (Å²) in [6.45, 7) is 3.04. The van der Waals surface area contributed by atoms with Gasteiger partial charge in [-0.15, -0.1) is 11.6 Å². The fraction of sp³-hybridized carbons (Fsp3) is 0.318. The zero-order valence-electron chi connectivity index (χ0n) is 16.0. The maximum Gasteiger partial charge on any atom is 0.200 e. The van der Waals surface area contributed by atoms with Gasteiger partial charge in [-0.2, -0.15) is 0 Å². The second-order valence-corrected chi connectivity index (χ2v) is 6.83. The van der Waals surface area contributed by atoms with E-state index < -0.39 is 5.82 Å². The molecule has 0 aliphatic heterocycles. The Balaban J connectivity index is 2.27. The molecule has 0 saturated carbocycles. The molecule has 0 amide bonds. The zero-order chi connectivity index (χ0) is 20.1. The van der Waals surface area contributed by atoms with E-state index in [1.54, 1.807) is 43.6 Å². The summed E-state index contributed by atoms with van der Waals surface area (Å²) in [5, 5.41) is 0.0384. The lowest BCUT2D eigenvalue weighted by molar-refractivity contribution is 0.319. The van der Waals surface area contributed by atoms with Gasteiger partial charge in [-0.25, -0.2) is 4.39 Å². The molecule has 0 atom stereocenters. The summed E-state index contributed by atoms with van der Waals surface area (Å²) in [6, 6.07) is 10.0. The van der Waals surface area contributed by atoms with Crippen LogP contribution in [0.5, 0.6) is 11.5 Å². The van der Waals surface area contributed by atoms with E-state index in [4.69, 9.17) is 21.1 Å². The Morgan fingerprint density at radius 1 is 1.14 bits per heavy atom.